The Hall–Kier alpha value is -2.39. The fourth-order valence-corrected chi connectivity index (χ4v) is 2.70. The molecule has 1 aliphatic heterocycles. The van der Waals surface area contributed by atoms with Crippen LogP contribution in [0.2, 0.25) is 0 Å². The molecular formula is C16H14F4N2O3. The molecule has 1 aromatic heterocycles. The average Bonchev–Trinajstić information content (AvgIpc) is 2.51. The smallest absolute Gasteiger partial charge is 0.426 e. The largest absolute Gasteiger partial charge is 0.444 e. The number of alkyl halides is 2. The third-order valence-corrected chi connectivity index (χ3v) is 3.80. The van der Waals surface area contributed by atoms with Crippen molar-refractivity contribution in [2.45, 2.75) is 31.9 Å². The number of halogens is 4. The van der Waals surface area contributed by atoms with Gasteiger partial charge in [0.1, 0.15) is 11.6 Å². The molecule has 5 nitrogen and oxygen atoms in total. The number of anilines is 1. The highest BCUT2D eigenvalue weighted by Crippen LogP contribution is 2.46. The van der Waals surface area contributed by atoms with Crippen molar-refractivity contribution in [2.24, 2.45) is 0 Å². The lowest BCUT2D eigenvalue weighted by Crippen LogP contribution is -2.54. The van der Waals surface area contributed by atoms with Gasteiger partial charge in [0.15, 0.2) is 5.75 Å². The molecule has 1 aliphatic rings. The van der Waals surface area contributed by atoms with Crippen LogP contribution in [0.15, 0.2) is 30.6 Å². The maximum atomic E-state index is 14.1. The number of aliphatic hydroxyl groups excluding tert-OH is 2. The Morgan fingerprint density at radius 1 is 1.32 bits per heavy atom. The molecule has 0 aliphatic carbocycles. The van der Waals surface area contributed by atoms with Crippen LogP contribution in [0.4, 0.5) is 23.2 Å². The Morgan fingerprint density at radius 3 is 2.68 bits per heavy atom. The summed E-state index contributed by atoms with van der Waals surface area (Å²) in [6.45, 7) is 0.870. The van der Waals surface area contributed by atoms with E-state index in [0.29, 0.717) is 0 Å². The normalized spacial score (nSPS) is 20.0. The Kier molecular flexibility index (Phi) is 4.29. The monoisotopic (exact) mass is 358 g/mol. The van der Waals surface area contributed by atoms with E-state index in [4.69, 9.17) is 0 Å². The predicted octanol–water partition coefficient (Wildman–Crippen LogP) is 2.72. The van der Waals surface area contributed by atoms with E-state index in [0.717, 1.165) is 29.3 Å². The molecule has 3 rings (SSSR count). The number of aromatic nitrogens is 1. The van der Waals surface area contributed by atoms with E-state index >= 15 is 0 Å². The molecule has 2 heterocycles. The molecule has 2 N–H and O–H groups in total. The summed E-state index contributed by atoms with van der Waals surface area (Å²) in [5.41, 5.74) is -0.294. The Morgan fingerprint density at radius 2 is 2.04 bits per heavy atom. The zero-order valence-corrected chi connectivity index (χ0v) is 13.0. The lowest BCUT2D eigenvalue weighted by Gasteiger charge is -2.40. The van der Waals surface area contributed by atoms with Crippen molar-refractivity contribution in [3.05, 3.63) is 53.4 Å². The summed E-state index contributed by atoms with van der Waals surface area (Å²) in [7, 11) is 0. The molecule has 1 unspecified atom stereocenters. The SMILES string of the molecule is C[C@H](O)c1c(F)ccc2c1OC(F)(F)C(O)N2Cc1cncc(F)c1. The van der Waals surface area contributed by atoms with E-state index in [1.54, 1.807) is 0 Å². The lowest BCUT2D eigenvalue weighted by atomic mass is 10.0. The van der Waals surface area contributed by atoms with Crippen LogP contribution in [-0.4, -0.2) is 27.5 Å². The predicted molar refractivity (Wildman–Crippen MR) is 79.0 cm³/mol. The van der Waals surface area contributed by atoms with Crippen LogP contribution in [0.3, 0.4) is 0 Å². The van der Waals surface area contributed by atoms with E-state index in [9.17, 15) is 27.8 Å². The van der Waals surface area contributed by atoms with Gasteiger partial charge in [-0.05, 0) is 30.7 Å². The molecule has 1 aromatic carbocycles. The van der Waals surface area contributed by atoms with Gasteiger partial charge in [-0.25, -0.2) is 8.78 Å². The van der Waals surface area contributed by atoms with Crippen molar-refractivity contribution in [3.63, 3.8) is 0 Å². The number of fused-ring (bicyclic) bond motifs is 1. The second kappa shape index (κ2) is 6.16. The van der Waals surface area contributed by atoms with E-state index in [1.165, 1.54) is 13.1 Å². The molecule has 0 bridgehead atoms. The third kappa shape index (κ3) is 3.12. The minimum Gasteiger partial charge on any atom is -0.426 e. The van der Waals surface area contributed by atoms with Gasteiger partial charge in [-0.15, -0.1) is 0 Å². The van der Waals surface area contributed by atoms with Gasteiger partial charge >= 0.3 is 6.11 Å². The molecule has 0 saturated heterocycles. The zero-order chi connectivity index (χ0) is 18.4. The van der Waals surface area contributed by atoms with Gasteiger partial charge < -0.3 is 19.8 Å². The van der Waals surface area contributed by atoms with E-state index in [-0.39, 0.29) is 17.8 Å². The Balaban J connectivity index is 2.11. The fraction of sp³-hybridized carbons (Fsp3) is 0.312. The van der Waals surface area contributed by atoms with Crippen LogP contribution >= 0.6 is 0 Å². The lowest BCUT2D eigenvalue weighted by molar-refractivity contribution is -0.246. The minimum atomic E-state index is -4.06. The van der Waals surface area contributed by atoms with Gasteiger partial charge in [-0.2, -0.15) is 8.78 Å². The van der Waals surface area contributed by atoms with E-state index < -0.39 is 41.4 Å². The summed E-state index contributed by atoms with van der Waals surface area (Å²) in [6.07, 6.45) is -5.68. The summed E-state index contributed by atoms with van der Waals surface area (Å²) in [4.78, 5) is 4.46. The fourth-order valence-electron chi connectivity index (χ4n) is 2.70. The number of benzene rings is 1. The van der Waals surface area contributed by atoms with Crippen molar-refractivity contribution in [2.75, 3.05) is 4.90 Å². The van der Waals surface area contributed by atoms with Gasteiger partial charge in [0.2, 0.25) is 6.23 Å². The van der Waals surface area contributed by atoms with Gasteiger partial charge in [0, 0.05) is 12.7 Å². The highest BCUT2D eigenvalue weighted by atomic mass is 19.3. The first kappa shape index (κ1) is 17.4. The maximum Gasteiger partial charge on any atom is 0.444 e. The molecular weight excluding hydrogens is 344 g/mol. The topological polar surface area (TPSA) is 65.8 Å². The third-order valence-electron chi connectivity index (χ3n) is 3.80. The van der Waals surface area contributed by atoms with Crippen LogP contribution in [-0.2, 0) is 6.54 Å². The highest BCUT2D eigenvalue weighted by Gasteiger charge is 2.51. The number of aliphatic hydroxyl groups is 2. The number of hydrogen-bond acceptors (Lipinski definition) is 5. The summed E-state index contributed by atoms with van der Waals surface area (Å²) in [5.74, 6) is -2.17. The molecule has 134 valence electrons. The number of rotatable bonds is 3. The Bertz CT molecular complexity index is 801. The molecule has 0 spiro atoms. The van der Waals surface area contributed by atoms with Crippen LogP contribution in [0.5, 0.6) is 5.75 Å². The molecule has 0 saturated carbocycles. The molecule has 25 heavy (non-hydrogen) atoms. The quantitative estimate of drug-likeness (QED) is 0.826. The zero-order valence-electron chi connectivity index (χ0n) is 13.0. The molecule has 0 fully saturated rings. The molecule has 0 radical (unpaired) electrons. The number of ether oxygens (including phenoxy) is 1. The van der Waals surface area contributed by atoms with Gasteiger partial charge in [0.25, 0.3) is 0 Å². The van der Waals surface area contributed by atoms with Crippen molar-refractivity contribution >= 4 is 5.69 Å². The van der Waals surface area contributed by atoms with Crippen molar-refractivity contribution in [3.8, 4) is 5.75 Å². The molecule has 0 amide bonds. The number of nitrogens with zero attached hydrogens (tertiary/aromatic N) is 2. The van der Waals surface area contributed by atoms with Crippen molar-refractivity contribution in [1.82, 2.24) is 4.98 Å². The van der Waals surface area contributed by atoms with E-state index in [2.05, 4.69) is 9.72 Å². The Labute approximate surface area is 140 Å². The summed E-state index contributed by atoms with van der Waals surface area (Å²) in [6, 6.07) is 3.19. The molecule has 2 aromatic rings. The van der Waals surface area contributed by atoms with Crippen LogP contribution in [0, 0.1) is 11.6 Å². The average molecular weight is 358 g/mol. The summed E-state index contributed by atoms with van der Waals surface area (Å²) >= 11 is 0. The first-order chi connectivity index (χ1) is 11.7. The van der Waals surface area contributed by atoms with E-state index in [1.807, 2.05) is 0 Å². The van der Waals surface area contributed by atoms with Crippen LogP contribution in [0.25, 0.3) is 0 Å². The van der Waals surface area contributed by atoms with Crippen molar-refractivity contribution < 1.29 is 32.5 Å². The summed E-state index contributed by atoms with van der Waals surface area (Å²) < 4.78 is 59.9. The van der Waals surface area contributed by atoms with Crippen molar-refractivity contribution in [1.29, 1.82) is 0 Å². The van der Waals surface area contributed by atoms with Crippen LogP contribution < -0.4 is 9.64 Å². The first-order valence-corrected chi connectivity index (χ1v) is 7.32. The standard InChI is InChI=1S/C16H14F4N2O3/c1-8(23)13-11(18)2-3-12-14(13)25-16(19,20)15(24)22(12)7-9-4-10(17)6-21-5-9/h2-6,8,15,23-24H,7H2,1H3/t8-,15?/m0/s1. The minimum absolute atomic E-state index is 0.0556. The number of hydrogen-bond donors (Lipinski definition) is 2. The van der Waals surface area contributed by atoms with Gasteiger partial charge in [-0.3, -0.25) is 4.98 Å². The summed E-state index contributed by atoms with van der Waals surface area (Å²) in [5, 5.41) is 19.7. The maximum absolute atomic E-state index is 14.1. The van der Waals surface area contributed by atoms with Gasteiger partial charge in [0.05, 0.1) is 23.6 Å². The molecule has 2 atom stereocenters. The second-order valence-corrected chi connectivity index (χ2v) is 5.66. The molecule has 9 heteroatoms. The highest BCUT2D eigenvalue weighted by molar-refractivity contribution is 5.65. The first-order valence-electron chi connectivity index (χ1n) is 7.32. The van der Waals surface area contributed by atoms with Gasteiger partial charge in [-0.1, -0.05) is 0 Å². The number of pyridine rings is 1. The van der Waals surface area contributed by atoms with Crippen LogP contribution in [0.1, 0.15) is 24.2 Å². The second-order valence-electron chi connectivity index (χ2n) is 5.66.